The van der Waals surface area contributed by atoms with Crippen molar-refractivity contribution in [2.45, 2.75) is 23.8 Å². The smallest absolute Gasteiger partial charge is 0.238 e. The number of aryl methyl sites for hydroxylation is 2. The first kappa shape index (κ1) is 11.9. The van der Waals surface area contributed by atoms with Crippen LogP contribution >= 0.6 is 11.8 Å². The van der Waals surface area contributed by atoms with Gasteiger partial charge in [-0.3, -0.25) is 5.43 Å². The summed E-state index contributed by atoms with van der Waals surface area (Å²) in [5.41, 5.74) is 4.60. The minimum atomic E-state index is 0.445. The Labute approximate surface area is 105 Å². The van der Waals surface area contributed by atoms with E-state index in [2.05, 4.69) is 40.5 Å². The molecule has 0 bridgehead atoms. The van der Waals surface area contributed by atoms with Gasteiger partial charge in [0.05, 0.1) is 0 Å². The third-order valence-electron chi connectivity index (χ3n) is 2.17. The van der Waals surface area contributed by atoms with Gasteiger partial charge in [0.25, 0.3) is 0 Å². The summed E-state index contributed by atoms with van der Waals surface area (Å²) in [7, 11) is 0. The molecule has 0 amide bonds. The Hall–Kier alpha value is -1.59. The molecule has 0 radical (unpaired) electrons. The molecule has 0 saturated carbocycles. The summed E-state index contributed by atoms with van der Waals surface area (Å²) in [6.07, 6.45) is 0. The Morgan fingerprint density at radius 1 is 1.18 bits per heavy atom. The molecule has 0 fully saturated rings. The zero-order valence-corrected chi connectivity index (χ0v) is 10.6. The third-order valence-corrected chi connectivity index (χ3v) is 3.08. The Morgan fingerprint density at radius 3 is 2.71 bits per heavy atom. The molecule has 4 nitrogen and oxygen atoms in total. The van der Waals surface area contributed by atoms with E-state index in [-0.39, 0.29) is 0 Å². The van der Waals surface area contributed by atoms with Crippen molar-refractivity contribution in [3.05, 3.63) is 41.6 Å². The van der Waals surface area contributed by atoms with E-state index < -0.39 is 0 Å². The molecular formula is C12H14N4S. The van der Waals surface area contributed by atoms with Gasteiger partial charge in [-0.2, -0.15) is 0 Å². The summed E-state index contributed by atoms with van der Waals surface area (Å²) in [6.45, 7) is 3.99. The van der Waals surface area contributed by atoms with E-state index in [1.54, 1.807) is 11.8 Å². The number of hydrazine groups is 1. The molecule has 0 aliphatic rings. The molecule has 0 aliphatic carbocycles. The normalized spacial score (nSPS) is 10.3. The van der Waals surface area contributed by atoms with Crippen LogP contribution in [0.15, 0.2) is 40.3 Å². The highest BCUT2D eigenvalue weighted by molar-refractivity contribution is 7.99. The van der Waals surface area contributed by atoms with Crippen LogP contribution in [0.1, 0.15) is 11.3 Å². The SMILES string of the molecule is Cc1cccc(Sc2cc(C)nc(NN)n2)c1. The maximum Gasteiger partial charge on any atom is 0.238 e. The van der Waals surface area contributed by atoms with E-state index in [1.807, 2.05) is 19.1 Å². The molecule has 1 aromatic carbocycles. The van der Waals surface area contributed by atoms with Gasteiger partial charge in [-0.1, -0.05) is 29.5 Å². The number of nitrogens with zero attached hydrogens (tertiary/aromatic N) is 2. The number of nitrogens with two attached hydrogens (primary N) is 1. The molecule has 3 N–H and O–H groups in total. The van der Waals surface area contributed by atoms with Gasteiger partial charge in [0.1, 0.15) is 5.03 Å². The highest BCUT2D eigenvalue weighted by atomic mass is 32.2. The number of hydrogen-bond acceptors (Lipinski definition) is 5. The number of nitrogen functional groups attached to an aromatic ring is 1. The van der Waals surface area contributed by atoms with Gasteiger partial charge >= 0.3 is 0 Å². The monoisotopic (exact) mass is 246 g/mol. The molecule has 5 heteroatoms. The number of benzene rings is 1. The maximum absolute atomic E-state index is 5.32. The molecule has 0 spiro atoms. The molecule has 0 aliphatic heterocycles. The number of aromatic nitrogens is 2. The first-order valence-electron chi connectivity index (χ1n) is 5.24. The van der Waals surface area contributed by atoms with Crippen molar-refractivity contribution in [2.75, 3.05) is 5.43 Å². The highest BCUT2D eigenvalue weighted by Crippen LogP contribution is 2.27. The molecule has 1 heterocycles. The summed E-state index contributed by atoms with van der Waals surface area (Å²) < 4.78 is 0. The third kappa shape index (κ3) is 3.18. The highest BCUT2D eigenvalue weighted by Gasteiger charge is 2.03. The molecular weight excluding hydrogens is 232 g/mol. The van der Waals surface area contributed by atoms with Crippen LogP contribution in [0, 0.1) is 13.8 Å². The summed E-state index contributed by atoms with van der Waals surface area (Å²) in [6, 6.07) is 10.2. The number of anilines is 1. The maximum atomic E-state index is 5.32. The molecule has 2 rings (SSSR count). The molecule has 0 saturated heterocycles. The molecule has 2 aromatic rings. The van der Waals surface area contributed by atoms with Crippen molar-refractivity contribution in [1.82, 2.24) is 9.97 Å². The lowest BCUT2D eigenvalue weighted by Crippen LogP contribution is -2.11. The molecule has 17 heavy (non-hydrogen) atoms. The summed E-state index contributed by atoms with van der Waals surface area (Å²) >= 11 is 1.60. The Balaban J connectivity index is 2.26. The van der Waals surface area contributed by atoms with Gasteiger partial charge < -0.3 is 0 Å². The second-order valence-corrected chi connectivity index (χ2v) is 4.83. The van der Waals surface area contributed by atoms with E-state index in [4.69, 9.17) is 5.84 Å². The second kappa shape index (κ2) is 5.16. The van der Waals surface area contributed by atoms with Crippen LogP contribution in [0.3, 0.4) is 0 Å². The lowest BCUT2D eigenvalue weighted by atomic mass is 10.2. The number of rotatable bonds is 3. The standard InChI is InChI=1S/C12H14N4S/c1-8-4-3-5-10(6-8)17-11-7-9(2)14-12(15-11)16-13/h3-7H,13H2,1-2H3,(H,14,15,16). The second-order valence-electron chi connectivity index (χ2n) is 3.73. The zero-order valence-electron chi connectivity index (χ0n) is 9.77. The first-order valence-corrected chi connectivity index (χ1v) is 6.06. The fourth-order valence-electron chi connectivity index (χ4n) is 1.46. The van der Waals surface area contributed by atoms with Crippen LogP contribution < -0.4 is 11.3 Å². The van der Waals surface area contributed by atoms with Crippen molar-refractivity contribution < 1.29 is 0 Å². The van der Waals surface area contributed by atoms with E-state index in [9.17, 15) is 0 Å². The molecule has 0 atom stereocenters. The van der Waals surface area contributed by atoms with E-state index in [1.165, 1.54) is 5.56 Å². The van der Waals surface area contributed by atoms with E-state index >= 15 is 0 Å². The lowest BCUT2D eigenvalue weighted by Gasteiger charge is -2.05. The molecule has 88 valence electrons. The minimum Gasteiger partial charge on any atom is -0.292 e. The van der Waals surface area contributed by atoms with Crippen LogP contribution in [0.2, 0.25) is 0 Å². The van der Waals surface area contributed by atoms with Crippen LogP contribution in [0.25, 0.3) is 0 Å². The predicted molar refractivity (Wildman–Crippen MR) is 69.9 cm³/mol. The van der Waals surface area contributed by atoms with Crippen LogP contribution in [-0.4, -0.2) is 9.97 Å². The Morgan fingerprint density at radius 2 is 2.00 bits per heavy atom. The summed E-state index contributed by atoms with van der Waals surface area (Å²) in [5, 5.41) is 0.885. The molecule has 1 aromatic heterocycles. The van der Waals surface area contributed by atoms with Crippen molar-refractivity contribution >= 4 is 17.7 Å². The fourth-order valence-corrected chi connectivity index (χ4v) is 2.45. The Kier molecular flexibility index (Phi) is 3.61. The average Bonchev–Trinajstić information content (AvgIpc) is 2.28. The topological polar surface area (TPSA) is 63.8 Å². The summed E-state index contributed by atoms with van der Waals surface area (Å²) in [5.74, 6) is 5.77. The van der Waals surface area contributed by atoms with Crippen molar-refractivity contribution in [2.24, 2.45) is 5.84 Å². The predicted octanol–water partition coefficient (Wildman–Crippen LogP) is 2.53. The van der Waals surface area contributed by atoms with Gasteiger partial charge in [-0.05, 0) is 32.0 Å². The van der Waals surface area contributed by atoms with Crippen molar-refractivity contribution in [3.63, 3.8) is 0 Å². The lowest BCUT2D eigenvalue weighted by molar-refractivity contribution is 0.994. The van der Waals surface area contributed by atoms with Crippen LogP contribution in [0.4, 0.5) is 5.95 Å². The average molecular weight is 246 g/mol. The van der Waals surface area contributed by atoms with Crippen molar-refractivity contribution in [3.8, 4) is 0 Å². The largest absolute Gasteiger partial charge is 0.292 e. The molecule has 0 unspecified atom stereocenters. The van der Waals surface area contributed by atoms with Crippen LogP contribution in [-0.2, 0) is 0 Å². The zero-order chi connectivity index (χ0) is 12.3. The van der Waals surface area contributed by atoms with E-state index in [0.717, 1.165) is 15.6 Å². The summed E-state index contributed by atoms with van der Waals surface area (Å²) in [4.78, 5) is 9.60. The Bertz CT molecular complexity index is 528. The van der Waals surface area contributed by atoms with Crippen molar-refractivity contribution in [1.29, 1.82) is 0 Å². The minimum absolute atomic E-state index is 0.445. The van der Waals surface area contributed by atoms with Crippen LogP contribution in [0.5, 0.6) is 0 Å². The van der Waals surface area contributed by atoms with Gasteiger partial charge in [-0.15, -0.1) is 0 Å². The first-order chi connectivity index (χ1) is 8.17. The quantitative estimate of drug-likeness (QED) is 0.495. The van der Waals surface area contributed by atoms with Gasteiger partial charge in [-0.25, -0.2) is 15.8 Å². The number of nitrogens with one attached hydrogen (secondary N) is 1. The fraction of sp³-hybridized carbons (Fsp3) is 0.167. The number of hydrogen-bond donors (Lipinski definition) is 2. The van der Waals surface area contributed by atoms with Gasteiger partial charge in [0, 0.05) is 10.6 Å². The van der Waals surface area contributed by atoms with Gasteiger partial charge in [0.2, 0.25) is 5.95 Å². The van der Waals surface area contributed by atoms with E-state index in [0.29, 0.717) is 5.95 Å². The van der Waals surface area contributed by atoms with Gasteiger partial charge in [0.15, 0.2) is 0 Å².